The molecule has 0 amide bonds. The minimum atomic E-state index is 0.261. The van der Waals surface area contributed by atoms with E-state index in [-0.39, 0.29) is 5.75 Å². The highest BCUT2D eigenvalue weighted by atomic mass is 16.3. The molecule has 2 aromatic rings. The number of phenolic OH excluding ortho intramolecular Hbond substituents is 1. The minimum absolute atomic E-state index is 0.261. The van der Waals surface area contributed by atoms with Crippen LogP contribution in [-0.4, -0.2) is 11.7 Å². The molecule has 0 unspecified atom stereocenters. The predicted octanol–water partition coefficient (Wildman–Crippen LogP) is 1.78. The Morgan fingerprint density at radius 1 is 1.36 bits per heavy atom. The fourth-order valence-corrected chi connectivity index (χ4v) is 2.02. The SMILES string of the molecule is Oc1ccc2c3c(oc2c1)CNCC3. The van der Waals surface area contributed by atoms with Crippen molar-refractivity contribution >= 4 is 11.0 Å². The van der Waals surface area contributed by atoms with E-state index in [0.717, 1.165) is 36.2 Å². The van der Waals surface area contributed by atoms with Crippen LogP contribution in [0, 0.1) is 0 Å². The van der Waals surface area contributed by atoms with Gasteiger partial charge in [0.2, 0.25) is 0 Å². The first-order chi connectivity index (χ1) is 6.84. The Labute approximate surface area is 81.3 Å². The summed E-state index contributed by atoms with van der Waals surface area (Å²) in [6, 6.07) is 5.31. The van der Waals surface area contributed by atoms with E-state index < -0.39 is 0 Å². The van der Waals surface area contributed by atoms with E-state index in [1.54, 1.807) is 12.1 Å². The fourth-order valence-electron chi connectivity index (χ4n) is 2.02. The first-order valence-corrected chi connectivity index (χ1v) is 4.78. The predicted molar refractivity (Wildman–Crippen MR) is 53.3 cm³/mol. The molecule has 0 spiro atoms. The van der Waals surface area contributed by atoms with E-state index in [9.17, 15) is 5.11 Å². The van der Waals surface area contributed by atoms with Crippen molar-refractivity contribution in [2.24, 2.45) is 0 Å². The van der Waals surface area contributed by atoms with E-state index in [2.05, 4.69) is 5.32 Å². The summed E-state index contributed by atoms with van der Waals surface area (Å²) in [5, 5.41) is 13.7. The minimum Gasteiger partial charge on any atom is -0.508 e. The van der Waals surface area contributed by atoms with E-state index in [4.69, 9.17) is 4.42 Å². The van der Waals surface area contributed by atoms with Crippen LogP contribution in [0.3, 0.4) is 0 Å². The van der Waals surface area contributed by atoms with Crippen LogP contribution in [-0.2, 0) is 13.0 Å². The van der Waals surface area contributed by atoms with Crippen molar-refractivity contribution in [3.05, 3.63) is 29.5 Å². The zero-order chi connectivity index (χ0) is 9.54. The van der Waals surface area contributed by atoms with Crippen molar-refractivity contribution in [2.45, 2.75) is 13.0 Å². The zero-order valence-electron chi connectivity index (χ0n) is 7.71. The molecule has 0 fully saturated rings. The maximum absolute atomic E-state index is 9.32. The summed E-state index contributed by atoms with van der Waals surface area (Å²) in [7, 11) is 0. The van der Waals surface area contributed by atoms with Crippen molar-refractivity contribution in [3.63, 3.8) is 0 Å². The van der Waals surface area contributed by atoms with Crippen molar-refractivity contribution in [1.82, 2.24) is 5.32 Å². The Hall–Kier alpha value is -1.48. The molecule has 0 radical (unpaired) electrons. The molecule has 0 saturated carbocycles. The molecule has 0 saturated heterocycles. The van der Waals surface area contributed by atoms with Crippen molar-refractivity contribution < 1.29 is 9.52 Å². The second-order valence-corrected chi connectivity index (χ2v) is 3.61. The number of phenols is 1. The number of aromatic hydroxyl groups is 1. The standard InChI is InChI=1S/C11H11NO2/c13-7-1-2-8-9-3-4-12-6-11(9)14-10(8)5-7/h1-2,5,12-13H,3-4,6H2. The van der Waals surface area contributed by atoms with E-state index >= 15 is 0 Å². The van der Waals surface area contributed by atoms with E-state index in [1.165, 1.54) is 5.56 Å². The van der Waals surface area contributed by atoms with Crippen LogP contribution in [0.1, 0.15) is 11.3 Å². The Kier molecular flexibility index (Phi) is 1.55. The van der Waals surface area contributed by atoms with Gasteiger partial charge in [0.25, 0.3) is 0 Å². The van der Waals surface area contributed by atoms with Crippen LogP contribution >= 0.6 is 0 Å². The number of nitrogens with one attached hydrogen (secondary N) is 1. The monoisotopic (exact) mass is 189 g/mol. The molecule has 0 atom stereocenters. The Morgan fingerprint density at radius 2 is 2.29 bits per heavy atom. The highest BCUT2D eigenvalue weighted by molar-refractivity contribution is 5.83. The second kappa shape index (κ2) is 2.75. The fraction of sp³-hybridized carbons (Fsp3) is 0.273. The molecule has 1 aromatic heterocycles. The zero-order valence-corrected chi connectivity index (χ0v) is 7.71. The van der Waals surface area contributed by atoms with Gasteiger partial charge < -0.3 is 14.8 Å². The van der Waals surface area contributed by atoms with E-state index in [0.29, 0.717) is 0 Å². The van der Waals surface area contributed by atoms with E-state index in [1.807, 2.05) is 6.07 Å². The van der Waals surface area contributed by atoms with Gasteiger partial charge in [0.05, 0.1) is 6.54 Å². The molecule has 2 N–H and O–H groups in total. The lowest BCUT2D eigenvalue weighted by Crippen LogP contribution is -2.22. The van der Waals surface area contributed by atoms with Gasteiger partial charge in [-0.3, -0.25) is 0 Å². The summed E-state index contributed by atoms with van der Waals surface area (Å²) >= 11 is 0. The average molecular weight is 189 g/mol. The van der Waals surface area contributed by atoms with Gasteiger partial charge in [-0.05, 0) is 25.1 Å². The Bertz CT molecular complexity index is 487. The van der Waals surface area contributed by atoms with Crippen LogP contribution in [0.15, 0.2) is 22.6 Å². The topological polar surface area (TPSA) is 45.4 Å². The molecule has 3 nitrogen and oxygen atoms in total. The van der Waals surface area contributed by atoms with Gasteiger partial charge >= 0.3 is 0 Å². The second-order valence-electron chi connectivity index (χ2n) is 3.61. The van der Waals surface area contributed by atoms with Gasteiger partial charge in [-0.1, -0.05) is 0 Å². The Balaban J connectivity index is 2.31. The molecule has 0 aliphatic carbocycles. The molecular weight excluding hydrogens is 178 g/mol. The summed E-state index contributed by atoms with van der Waals surface area (Å²) in [4.78, 5) is 0. The van der Waals surface area contributed by atoms with Gasteiger partial charge in [-0.25, -0.2) is 0 Å². The van der Waals surface area contributed by atoms with Crippen LogP contribution in [0.5, 0.6) is 5.75 Å². The molecular formula is C11H11NO2. The number of rotatable bonds is 0. The van der Waals surface area contributed by atoms with Gasteiger partial charge in [0.1, 0.15) is 17.1 Å². The molecule has 0 bridgehead atoms. The normalized spacial score (nSPS) is 15.7. The highest BCUT2D eigenvalue weighted by Crippen LogP contribution is 2.30. The molecule has 14 heavy (non-hydrogen) atoms. The number of hydrogen-bond donors (Lipinski definition) is 2. The number of hydrogen-bond acceptors (Lipinski definition) is 3. The summed E-state index contributed by atoms with van der Waals surface area (Å²) < 4.78 is 5.65. The summed E-state index contributed by atoms with van der Waals surface area (Å²) in [6.45, 7) is 1.80. The molecule has 2 heterocycles. The van der Waals surface area contributed by atoms with Gasteiger partial charge in [-0.2, -0.15) is 0 Å². The summed E-state index contributed by atoms with van der Waals surface area (Å²) in [5.74, 6) is 1.27. The maximum atomic E-state index is 9.32. The molecule has 1 aliphatic rings. The number of furan rings is 1. The maximum Gasteiger partial charge on any atom is 0.138 e. The lowest BCUT2D eigenvalue weighted by Gasteiger charge is -2.10. The van der Waals surface area contributed by atoms with Crippen LogP contribution in [0.2, 0.25) is 0 Å². The third-order valence-corrected chi connectivity index (χ3v) is 2.70. The average Bonchev–Trinajstić information content (AvgIpc) is 2.54. The number of fused-ring (bicyclic) bond motifs is 3. The Morgan fingerprint density at radius 3 is 3.21 bits per heavy atom. The molecule has 72 valence electrons. The largest absolute Gasteiger partial charge is 0.508 e. The highest BCUT2D eigenvalue weighted by Gasteiger charge is 2.16. The molecule has 1 aromatic carbocycles. The van der Waals surface area contributed by atoms with Crippen molar-refractivity contribution in [2.75, 3.05) is 6.54 Å². The van der Waals surface area contributed by atoms with Gasteiger partial charge in [-0.15, -0.1) is 0 Å². The molecule has 1 aliphatic heterocycles. The number of benzene rings is 1. The molecule has 3 heteroatoms. The first kappa shape index (κ1) is 7.88. The third kappa shape index (κ3) is 1.02. The van der Waals surface area contributed by atoms with Crippen LogP contribution < -0.4 is 5.32 Å². The lowest BCUT2D eigenvalue weighted by molar-refractivity contribution is 0.469. The van der Waals surface area contributed by atoms with Crippen LogP contribution in [0.4, 0.5) is 0 Å². The van der Waals surface area contributed by atoms with Gasteiger partial charge in [0.15, 0.2) is 0 Å². The van der Waals surface area contributed by atoms with Crippen LogP contribution in [0.25, 0.3) is 11.0 Å². The van der Waals surface area contributed by atoms with Crippen molar-refractivity contribution in [3.8, 4) is 5.75 Å². The molecule has 3 rings (SSSR count). The summed E-state index contributed by atoms with van der Waals surface area (Å²) in [6.07, 6.45) is 1.01. The lowest BCUT2D eigenvalue weighted by atomic mass is 10.0. The summed E-state index contributed by atoms with van der Waals surface area (Å²) in [5.41, 5.74) is 2.08. The third-order valence-electron chi connectivity index (χ3n) is 2.70. The first-order valence-electron chi connectivity index (χ1n) is 4.78. The van der Waals surface area contributed by atoms with Gasteiger partial charge in [0, 0.05) is 17.0 Å². The quantitative estimate of drug-likeness (QED) is 0.664. The van der Waals surface area contributed by atoms with Crippen molar-refractivity contribution in [1.29, 1.82) is 0 Å². The smallest absolute Gasteiger partial charge is 0.138 e.